The molecule has 1 saturated heterocycles. The van der Waals surface area contributed by atoms with Crippen LogP contribution in [-0.2, 0) is 4.74 Å². The topological polar surface area (TPSA) is 35.2 Å². The van der Waals surface area contributed by atoms with Gasteiger partial charge >= 0.3 is 6.18 Å². The molecule has 0 bridgehead atoms. The molecule has 0 spiro atoms. The maximum absolute atomic E-state index is 11.7. The van der Waals surface area contributed by atoms with Gasteiger partial charge < -0.3 is 10.5 Å². The predicted octanol–water partition coefficient (Wildman–Crippen LogP) is 0.522. The van der Waals surface area contributed by atoms with Crippen LogP contribution in [0.4, 0.5) is 13.2 Å². The Kier molecular flexibility index (Phi) is 1.87. The number of rotatable bonds is 1. The van der Waals surface area contributed by atoms with Crippen LogP contribution in [0, 0.1) is 5.92 Å². The summed E-state index contributed by atoms with van der Waals surface area (Å²) in [6.07, 6.45) is -4.27. The van der Waals surface area contributed by atoms with E-state index in [-0.39, 0.29) is 13.2 Å². The third kappa shape index (κ3) is 1.41. The van der Waals surface area contributed by atoms with Gasteiger partial charge in [-0.1, -0.05) is 0 Å². The van der Waals surface area contributed by atoms with E-state index in [1.54, 1.807) is 0 Å². The second-order valence-electron chi connectivity index (χ2n) is 2.36. The Morgan fingerprint density at radius 1 is 1.40 bits per heavy atom. The summed E-state index contributed by atoms with van der Waals surface area (Å²) in [4.78, 5) is 0. The van der Waals surface area contributed by atoms with Gasteiger partial charge in [-0.25, -0.2) is 0 Å². The van der Waals surface area contributed by atoms with Crippen LogP contribution in [0.2, 0.25) is 0 Å². The van der Waals surface area contributed by atoms with Gasteiger partial charge in [0.05, 0.1) is 13.2 Å². The smallest absolute Gasteiger partial charge is 0.381 e. The first-order valence-corrected chi connectivity index (χ1v) is 2.92. The van der Waals surface area contributed by atoms with Gasteiger partial charge in [-0.3, -0.25) is 0 Å². The van der Waals surface area contributed by atoms with Gasteiger partial charge in [-0.15, -0.1) is 0 Å². The molecule has 1 aliphatic rings. The maximum Gasteiger partial charge on any atom is 0.404 e. The van der Waals surface area contributed by atoms with Crippen molar-refractivity contribution in [3.8, 4) is 0 Å². The normalized spacial score (nSPS) is 24.0. The van der Waals surface area contributed by atoms with E-state index in [9.17, 15) is 13.2 Å². The lowest BCUT2D eigenvalue weighted by molar-refractivity contribution is -0.187. The zero-order valence-corrected chi connectivity index (χ0v) is 5.19. The molecule has 10 heavy (non-hydrogen) atoms. The van der Waals surface area contributed by atoms with Crippen LogP contribution in [0.3, 0.4) is 0 Å². The summed E-state index contributed by atoms with van der Waals surface area (Å²) in [5, 5.41) is 0. The van der Waals surface area contributed by atoms with Crippen LogP contribution in [0.15, 0.2) is 0 Å². The fraction of sp³-hybridized carbons (Fsp3) is 1.00. The molecule has 0 unspecified atom stereocenters. The first-order chi connectivity index (χ1) is 4.52. The van der Waals surface area contributed by atoms with E-state index < -0.39 is 18.1 Å². The molecule has 1 atom stereocenters. The number of alkyl halides is 3. The van der Waals surface area contributed by atoms with E-state index in [1.165, 1.54) is 0 Å². The molecule has 1 rings (SSSR count). The lowest BCUT2D eigenvalue weighted by atomic mass is 9.99. The molecule has 5 heteroatoms. The molecule has 0 aliphatic carbocycles. The summed E-state index contributed by atoms with van der Waals surface area (Å²) in [7, 11) is 0. The van der Waals surface area contributed by atoms with E-state index in [4.69, 9.17) is 5.73 Å². The highest BCUT2D eigenvalue weighted by molar-refractivity contribution is 4.83. The minimum atomic E-state index is -4.27. The highest BCUT2D eigenvalue weighted by atomic mass is 19.4. The van der Waals surface area contributed by atoms with Crippen LogP contribution >= 0.6 is 0 Å². The van der Waals surface area contributed by atoms with E-state index in [0.717, 1.165) is 0 Å². The molecule has 0 saturated carbocycles. The molecule has 1 heterocycles. The zero-order chi connectivity index (χ0) is 7.78. The van der Waals surface area contributed by atoms with Crippen molar-refractivity contribution in [3.05, 3.63) is 0 Å². The lowest BCUT2D eigenvalue weighted by Gasteiger charge is -2.32. The van der Waals surface area contributed by atoms with Crippen LogP contribution in [0.1, 0.15) is 0 Å². The Labute approximate surface area is 56.1 Å². The Hall–Kier alpha value is -0.290. The van der Waals surface area contributed by atoms with Crippen molar-refractivity contribution >= 4 is 0 Å². The third-order valence-corrected chi connectivity index (χ3v) is 1.55. The Balaban J connectivity index is 2.39. The fourth-order valence-corrected chi connectivity index (χ4v) is 0.729. The van der Waals surface area contributed by atoms with E-state index in [1.807, 2.05) is 0 Å². The fourth-order valence-electron chi connectivity index (χ4n) is 0.729. The van der Waals surface area contributed by atoms with Gasteiger partial charge in [0.25, 0.3) is 0 Å². The summed E-state index contributed by atoms with van der Waals surface area (Å²) in [5.41, 5.74) is 4.85. The molecule has 0 amide bonds. The molecular formula is C5H8F3NO. The van der Waals surface area contributed by atoms with Gasteiger partial charge in [0.2, 0.25) is 0 Å². The first-order valence-electron chi connectivity index (χ1n) is 2.92. The molecule has 2 N–H and O–H groups in total. The first kappa shape index (κ1) is 7.81. The molecule has 0 aromatic rings. The summed E-state index contributed by atoms with van der Waals surface area (Å²) >= 11 is 0. The molecule has 0 radical (unpaired) electrons. The van der Waals surface area contributed by atoms with Crippen molar-refractivity contribution < 1.29 is 17.9 Å². The van der Waals surface area contributed by atoms with Crippen LogP contribution in [-0.4, -0.2) is 25.4 Å². The molecule has 0 aromatic carbocycles. The van der Waals surface area contributed by atoms with Crippen molar-refractivity contribution in [2.45, 2.75) is 12.2 Å². The number of ether oxygens (including phenoxy) is 1. The quantitative estimate of drug-likeness (QED) is 0.599. The summed E-state index contributed by atoms with van der Waals surface area (Å²) < 4.78 is 39.8. The van der Waals surface area contributed by atoms with Crippen molar-refractivity contribution in [2.24, 2.45) is 11.7 Å². The Morgan fingerprint density at radius 3 is 2.00 bits per heavy atom. The molecule has 1 fully saturated rings. The molecular weight excluding hydrogens is 147 g/mol. The number of nitrogens with two attached hydrogens (primary N) is 1. The van der Waals surface area contributed by atoms with Gasteiger partial charge in [0.1, 0.15) is 6.04 Å². The summed E-state index contributed by atoms with van der Waals surface area (Å²) in [6, 6.07) is -1.71. The minimum absolute atomic E-state index is 0.140. The summed E-state index contributed by atoms with van der Waals surface area (Å²) in [5.74, 6) is -0.528. The van der Waals surface area contributed by atoms with Gasteiger partial charge in [0, 0.05) is 5.92 Å². The van der Waals surface area contributed by atoms with Crippen LogP contribution in [0.5, 0.6) is 0 Å². The lowest BCUT2D eigenvalue weighted by Crippen LogP contribution is -2.51. The van der Waals surface area contributed by atoms with Crippen molar-refractivity contribution in [3.63, 3.8) is 0 Å². The van der Waals surface area contributed by atoms with Gasteiger partial charge in [-0.2, -0.15) is 13.2 Å². The van der Waals surface area contributed by atoms with Gasteiger partial charge in [0.15, 0.2) is 0 Å². The third-order valence-electron chi connectivity index (χ3n) is 1.55. The van der Waals surface area contributed by atoms with Gasteiger partial charge in [-0.05, 0) is 0 Å². The zero-order valence-electron chi connectivity index (χ0n) is 5.19. The second-order valence-corrected chi connectivity index (χ2v) is 2.36. The van der Waals surface area contributed by atoms with Crippen LogP contribution < -0.4 is 5.73 Å². The average molecular weight is 155 g/mol. The number of hydrogen-bond donors (Lipinski definition) is 1. The Morgan fingerprint density at radius 2 is 1.90 bits per heavy atom. The molecule has 2 nitrogen and oxygen atoms in total. The average Bonchev–Trinajstić information content (AvgIpc) is 1.57. The van der Waals surface area contributed by atoms with E-state index >= 15 is 0 Å². The van der Waals surface area contributed by atoms with E-state index in [2.05, 4.69) is 4.74 Å². The van der Waals surface area contributed by atoms with E-state index in [0.29, 0.717) is 0 Å². The Bertz CT molecular complexity index is 121. The molecule has 1 aliphatic heterocycles. The minimum Gasteiger partial charge on any atom is -0.381 e. The predicted molar refractivity (Wildman–Crippen MR) is 28.3 cm³/mol. The second kappa shape index (κ2) is 2.39. The van der Waals surface area contributed by atoms with Crippen molar-refractivity contribution in [1.29, 1.82) is 0 Å². The van der Waals surface area contributed by atoms with Crippen molar-refractivity contribution in [1.82, 2.24) is 0 Å². The maximum atomic E-state index is 11.7. The highest BCUT2D eigenvalue weighted by Crippen LogP contribution is 2.27. The largest absolute Gasteiger partial charge is 0.404 e. The number of halogens is 3. The number of hydrogen-bond acceptors (Lipinski definition) is 2. The molecule has 60 valence electrons. The van der Waals surface area contributed by atoms with Crippen molar-refractivity contribution in [2.75, 3.05) is 13.2 Å². The molecule has 0 aromatic heterocycles. The standard InChI is InChI=1S/C5H8F3NO/c6-5(7,8)4(9)3-1-10-2-3/h3-4H,1-2,9H2/t4-/m1/s1. The monoisotopic (exact) mass is 155 g/mol. The van der Waals surface area contributed by atoms with Crippen LogP contribution in [0.25, 0.3) is 0 Å². The highest BCUT2D eigenvalue weighted by Gasteiger charge is 2.44. The SMILES string of the molecule is N[C@H](C1COC1)C(F)(F)F. The summed E-state index contributed by atoms with van der Waals surface area (Å²) in [6.45, 7) is 0.279.